The Hall–Kier alpha value is -0.610. The summed E-state index contributed by atoms with van der Waals surface area (Å²) in [7, 11) is 1.79. The number of amides is 1. The Morgan fingerprint density at radius 1 is 1.47 bits per heavy atom. The van der Waals surface area contributed by atoms with E-state index < -0.39 is 5.60 Å². The second-order valence-electron chi connectivity index (χ2n) is 4.81. The van der Waals surface area contributed by atoms with Gasteiger partial charge in [-0.15, -0.1) is 0 Å². The molecule has 4 nitrogen and oxygen atoms in total. The van der Waals surface area contributed by atoms with Gasteiger partial charge < -0.3 is 14.7 Å². The first-order valence-electron chi connectivity index (χ1n) is 5.66. The van der Waals surface area contributed by atoms with Crippen LogP contribution in [0, 0.1) is 5.92 Å². The summed E-state index contributed by atoms with van der Waals surface area (Å²) < 4.78 is 5.20. The first-order valence-corrected chi connectivity index (χ1v) is 5.66. The molecule has 0 aromatic carbocycles. The van der Waals surface area contributed by atoms with Gasteiger partial charge >= 0.3 is 0 Å². The standard InChI is InChI=1S/C11H19NO3/c1-12(10(13)9-2-3-9)8-11(14)4-6-15-7-5-11/h9,14H,2-8H2,1H3. The topological polar surface area (TPSA) is 49.8 Å². The molecule has 2 rings (SSSR count). The second kappa shape index (κ2) is 4.10. The number of ether oxygens (including phenoxy) is 1. The third-order valence-corrected chi connectivity index (χ3v) is 3.26. The average molecular weight is 213 g/mol. The molecule has 0 aromatic heterocycles. The maximum atomic E-state index is 11.7. The van der Waals surface area contributed by atoms with E-state index in [-0.39, 0.29) is 11.8 Å². The summed E-state index contributed by atoms with van der Waals surface area (Å²) in [6.45, 7) is 1.65. The molecule has 0 unspecified atom stereocenters. The van der Waals surface area contributed by atoms with Crippen molar-refractivity contribution in [2.24, 2.45) is 5.92 Å². The second-order valence-corrected chi connectivity index (χ2v) is 4.81. The van der Waals surface area contributed by atoms with Crippen LogP contribution < -0.4 is 0 Å². The first kappa shape index (κ1) is 10.9. The molecular formula is C11H19NO3. The molecule has 0 aromatic rings. The molecule has 1 aliphatic heterocycles. The highest BCUT2D eigenvalue weighted by atomic mass is 16.5. The zero-order valence-electron chi connectivity index (χ0n) is 9.24. The molecule has 0 atom stereocenters. The van der Waals surface area contributed by atoms with Gasteiger partial charge in [-0.1, -0.05) is 0 Å². The molecule has 1 saturated heterocycles. The highest BCUT2D eigenvalue weighted by molar-refractivity contribution is 5.80. The van der Waals surface area contributed by atoms with E-state index in [9.17, 15) is 9.90 Å². The van der Waals surface area contributed by atoms with Gasteiger partial charge in [0, 0.05) is 45.6 Å². The van der Waals surface area contributed by atoms with Gasteiger partial charge in [-0.25, -0.2) is 0 Å². The van der Waals surface area contributed by atoms with Gasteiger partial charge in [0.1, 0.15) is 0 Å². The largest absolute Gasteiger partial charge is 0.388 e. The van der Waals surface area contributed by atoms with Crippen molar-refractivity contribution in [1.29, 1.82) is 0 Å². The van der Waals surface area contributed by atoms with E-state index in [1.807, 2.05) is 0 Å². The van der Waals surface area contributed by atoms with Crippen LogP contribution in [0.5, 0.6) is 0 Å². The summed E-state index contributed by atoms with van der Waals surface area (Å²) in [5.74, 6) is 0.424. The fourth-order valence-electron chi connectivity index (χ4n) is 2.07. The molecule has 4 heteroatoms. The molecule has 86 valence electrons. The third kappa shape index (κ3) is 2.69. The molecule has 0 spiro atoms. The van der Waals surface area contributed by atoms with Crippen LogP contribution >= 0.6 is 0 Å². The van der Waals surface area contributed by atoms with Crippen LogP contribution in [-0.4, -0.2) is 48.3 Å². The molecule has 1 saturated carbocycles. The van der Waals surface area contributed by atoms with E-state index in [0.717, 1.165) is 12.8 Å². The zero-order valence-corrected chi connectivity index (χ0v) is 9.24. The number of hydrogen-bond donors (Lipinski definition) is 1. The lowest BCUT2D eigenvalue weighted by Crippen LogP contribution is -2.47. The van der Waals surface area contributed by atoms with Crippen molar-refractivity contribution in [2.75, 3.05) is 26.8 Å². The predicted octanol–water partition coefficient (Wildman–Crippen LogP) is 0.396. The molecule has 0 bridgehead atoms. The summed E-state index contributed by atoms with van der Waals surface area (Å²) in [6, 6.07) is 0. The van der Waals surface area contributed by atoms with Crippen molar-refractivity contribution in [1.82, 2.24) is 4.90 Å². The Balaban J connectivity index is 1.85. The Morgan fingerprint density at radius 3 is 2.60 bits per heavy atom. The van der Waals surface area contributed by atoms with Crippen LogP contribution in [0.4, 0.5) is 0 Å². The number of rotatable bonds is 3. The predicted molar refractivity (Wildman–Crippen MR) is 55.4 cm³/mol. The maximum absolute atomic E-state index is 11.7. The molecule has 0 radical (unpaired) electrons. The highest BCUT2D eigenvalue weighted by Gasteiger charge is 2.37. The minimum absolute atomic E-state index is 0.190. The molecule has 1 heterocycles. The fourth-order valence-corrected chi connectivity index (χ4v) is 2.07. The van der Waals surface area contributed by atoms with Crippen molar-refractivity contribution in [3.63, 3.8) is 0 Å². The van der Waals surface area contributed by atoms with Crippen molar-refractivity contribution < 1.29 is 14.6 Å². The Bertz CT molecular complexity index is 244. The minimum Gasteiger partial charge on any atom is -0.388 e. The van der Waals surface area contributed by atoms with Crippen LogP contribution in [0.25, 0.3) is 0 Å². The number of aliphatic hydroxyl groups is 1. The number of carbonyl (C=O) groups is 1. The highest BCUT2D eigenvalue weighted by Crippen LogP contribution is 2.31. The SMILES string of the molecule is CN(CC1(O)CCOCC1)C(=O)C1CC1. The molecule has 1 aliphatic carbocycles. The lowest BCUT2D eigenvalue weighted by Gasteiger charge is -2.35. The lowest BCUT2D eigenvalue weighted by atomic mass is 9.94. The van der Waals surface area contributed by atoms with Crippen molar-refractivity contribution >= 4 is 5.91 Å². The molecule has 1 N–H and O–H groups in total. The van der Waals surface area contributed by atoms with Gasteiger partial charge in [-0.05, 0) is 12.8 Å². The van der Waals surface area contributed by atoms with E-state index in [4.69, 9.17) is 4.74 Å². The Morgan fingerprint density at radius 2 is 2.07 bits per heavy atom. The van der Waals surface area contributed by atoms with Crippen LogP contribution in [-0.2, 0) is 9.53 Å². The summed E-state index contributed by atoms with van der Waals surface area (Å²) in [5, 5.41) is 10.2. The average Bonchev–Trinajstić information content (AvgIpc) is 3.00. The quantitative estimate of drug-likeness (QED) is 0.738. The summed E-state index contributed by atoms with van der Waals surface area (Å²) in [4.78, 5) is 13.4. The van der Waals surface area contributed by atoms with Gasteiger partial charge in [0.2, 0.25) is 5.91 Å². The van der Waals surface area contributed by atoms with E-state index in [1.54, 1.807) is 11.9 Å². The van der Waals surface area contributed by atoms with Gasteiger partial charge in [0.15, 0.2) is 0 Å². The van der Waals surface area contributed by atoms with E-state index in [0.29, 0.717) is 32.6 Å². The fraction of sp³-hybridized carbons (Fsp3) is 0.909. The zero-order chi connectivity index (χ0) is 10.9. The van der Waals surface area contributed by atoms with Crippen LogP contribution in [0.3, 0.4) is 0 Å². The van der Waals surface area contributed by atoms with Crippen LogP contribution in [0.15, 0.2) is 0 Å². The third-order valence-electron chi connectivity index (χ3n) is 3.26. The maximum Gasteiger partial charge on any atom is 0.225 e. The molecule has 2 aliphatic rings. The van der Waals surface area contributed by atoms with Crippen LogP contribution in [0.2, 0.25) is 0 Å². The lowest BCUT2D eigenvalue weighted by molar-refractivity contribution is -0.138. The van der Waals surface area contributed by atoms with E-state index >= 15 is 0 Å². The van der Waals surface area contributed by atoms with Gasteiger partial charge in [0.05, 0.1) is 5.60 Å². The summed E-state index contributed by atoms with van der Waals surface area (Å²) in [6.07, 6.45) is 3.31. The monoisotopic (exact) mass is 213 g/mol. The smallest absolute Gasteiger partial charge is 0.225 e. The Kier molecular flexibility index (Phi) is 2.98. The minimum atomic E-state index is -0.725. The molecule has 1 amide bonds. The number of likely N-dealkylation sites (N-methyl/N-ethyl adjacent to an activating group) is 1. The Labute approximate surface area is 90.2 Å². The van der Waals surface area contributed by atoms with Crippen LogP contribution in [0.1, 0.15) is 25.7 Å². The molecule has 2 fully saturated rings. The molecule has 15 heavy (non-hydrogen) atoms. The van der Waals surface area contributed by atoms with E-state index in [2.05, 4.69) is 0 Å². The van der Waals surface area contributed by atoms with E-state index in [1.165, 1.54) is 0 Å². The number of hydrogen-bond acceptors (Lipinski definition) is 3. The van der Waals surface area contributed by atoms with Gasteiger partial charge in [-0.2, -0.15) is 0 Å². The molecular weight excluding hydrogens is 194 g/mol. The van der Waals surface area contributed by atoms with Crippen molar-refractivity contribution in [2.45, 2.75) is 31.3 Å². The van der Waals surface area contributed by atoms with Gasteiger partial charge in [-0.3, -0.25) is 4.79 Å². The van der Waals surface area contributed by atoms with Crippen molar-refractivity contribution in [3.05, 3.63) is 0 Å². The normalized spacial score (nSPS) is 24.9. The summed E-state index contributed by atoms with van der Waals surface area (Å²) in [5.41, 5.74) is -0.725. The summed E-state index contributed by atoms with van der Waals surface area (Å²) >= 11 is 0. The van der Waals surface area contributed by atoms with Crippen molar-refractivity contribution in [3.8, 4) is 0 Å². The number of nitrogens with zero attached hydrogens (tertiary/aromatic N) is 1. The number of carbonyl (C=O) groups excluding carboxylic acids is 1. The first-order chi connectivity index (χ1) is 7.11. The van der Waals surface area contributed by atoms with Gasteiger partial charge in [0.25, 0.3) is 0 Å².